The van der Waals surface area contributed by atoms with Crippen LogP contribution in [0.1, 0.15) is 19.3 Å². The van der Waals surface area contributed by atoms with E-state index in [1.807, 2.05) is 7.05 Å². The molecule has 1 aliphatic rings. The monoisotopic (exact) mass is 194 g/mol. The largest absolute Gasteiger partial charge is 0.331 e. The number of nitrogens with zero attached hydrogens (tertiary/aromatic N) is 1. The van der Waals surface area contributed by atoms with Gasteiger partial charge in [0.05, 0.1) is 6.54 Å². The van der Waals surface area contributed by atoms with Crippen LogP contribution >= 0.6 is 0 Å². The quantitative estimate of drug-likeness (QED) is 0.623. The van der Waals surface area contributed by atoms with Crippen LogP contribution in [0.2, 0.25) is 0 Å². The molecule has 0 aliphatic heterocycles. The zero-order valence-corrected chi connectivity index (χ0v) is 8.75. The highest BCUT2D eigenvalue weighted by Crippen LogP contribution is 2.29. The summed E-state index contributed by atoms with van der Waals surface area (Å²) in [6.45, 7) is 2.04. The molecule has 0 atom stereocenters. The summed E-state index contributed by atoms with van der Waals surface area (Å²) in [5, 5.41) is 2.97. The number of hydrogen-bond acceptors (Lipinski definition) is 2. The molecule has 14 heavy (non-hydrogen) atoms. The Hall–Kier alpha value is -1.01. The van der Waals surface area contributed by atoms with E-state index < -0.39 is 0 Å². The van der Waals surface area contributed by atoms with E-state index in [0.717, 1.165) is 13.1 Å². The Morgan fingerprint density at radius 1 is 1.64 bits per heavy atom. The maximum absolute atomic E-state index is 11.6. The molecule has 0 heterocycles. The van der Waals surface area contributed by atoms with Crippen molar-refractivity contribution in [2.75, 3.05) is 26.7 Å². The molecule has 0 unspecified atom stereocenters. The van der Waals surface area contributed by atoms with Gasteiger partial charge >= 0.3 is 0 Å². The number of amides is 1. The van der Waals surface area contributed by atoms with E-state index in [1.54, 1.807) is 4.90 Å². The second kappa shape index (κ2) is 5.66. The summed E-state index contributed by atoms with van der Waals surface area (Å²) in [6, 6.07) is 0. The van der Waals surface area contributed by atoms with Crippen molar-refractivity contribution in [3.05, 3.63) is 0 Å². The van der Waals surface area contributed by atoms with Gasteiger partial charge in [-0.1, -0.05) is 5.92 Å². The second-order valence-corrected chi connectivity index (χ2v) is 3.78. The molecule has 1 N–H and O–H groups in total. The van der Waals surface area contributed by atoms with Gasteiger partial charge in [-0.3, -0.25) is 4.79 Å². The third-order valence-corrected chi connectivity index (χ3v) is 2.40. The lowest BCUT2D eigenvalue weighted by Crippen LogP contribution is -2.34. The average molecular weight is 194 g/mol. The van der Waals surface area contributed by atoms with Crippen LogP contribution in [0.3, 0.4) is 0 Å². The number of nitrogens with one attached hydrogen (secondary N) is 1. The molecule has 0 saturated heterocycles. The van der Waals surface area contributed by atoms with Crippen molar-refractivity contribution in [3.63, 3.8) is 0 Å². The molecule has 1 aliphatic carbocycles. The molecule has 0 bridgehead atoms. The van der Waals surface area contributed by atoms with Crippen LogP contribution in [0.25, 0.3) is 0 Å². The number of carbonyl (C=O) groups is 1. The Bertz CT molecular complexity index is 228. The summed E-state index contributed by atoms with van der Waals surface area (Å²) in [5.41, 5.74) is 0. The van der Waals surface area contributed by atoms with Crippen molar-refractivity contribution in [3.8, 4) is 12.3 Å². The summed E-state index contributed by atoms with van der Waals surface area (Å²) in [7, 11) is 1.85. The van der Waals surface area contributed by atoms with Gasteiger partial charge in [-0.25, -0.2) is 0 Å². The fraction of sp³-hybridized carbons (Fsp3) is 0.727. The van der Waals surface area contributed by atoms with Crippen molar-refractivity contribution >= 4 is 5.91 Å². The van der Waals surface area contributed by atoms with E-state index in [2.05, 4.69) is 11.2 Å². The van der Waals surface area contributed by atoms with Crippen LogP contribution in [-0.2, 0) is 4.79 Å². The van der Waals surface area contributed by atoms with E-state index in [-0.39, 0.29) is 5.91 Å². The molecule has 0 aromatic rings. The van der Waals surface area contributed by atoms with E-state index in [1.165, 1.54) is 12.8 Å². The number of rotatable bonds is 6. The molecule has 0 radical (unpaired) electrons. The van der Waals surface area contributed by atoms with Crippen molar-refractivity contribution in [2.45, 2.75) is 19.3 Å². The fourth-order valence-corrected chi connectivity index (χ4v) is 1.37. The molecule has 1 amide bonds. The molecule has 78 valence electrons. The normalized spacial score (nSPS) is 14.9. The first kappa shape index (κ1) is 11.1. The van der Waals surface area contributed by atoms with Gasteiger partial charge in [-0.05, 0) is 25.8 Å². The van der Waals surface area contributed by atoms with Crippen LogP contribution in [0.4, 0.5) is 0 Å². The van der Waals surface area contributed by atoms with Gasteiger partial charge in [0, 0.05) is 19.5 Å². The topological polar surface area (TPSA) is 32.3 Å². The van der Waals surface area contributed by atoms with E-state index in [0.29, 0.717) is 18.9 Å². The lowest BCUT2D eigenvalue weighted by Gasteiger charge is -2.19. The summed E-state index contributed by atoms with van der Waals surface area (Å²) >= 11 is 0. The second-order valence-electron chi connectivity index (χ2n) is 3.78. The summed E-state index contributed by atoms with van der Waals surface area (Å²) in [5.74, 6) is 3.42. The summed E-state index contributed by atoms with van der Waals surface area (Å²) in [4.78, 5) is 13.4. The summed E-state index contributed by atoms with van der Waals surface area (Å²) < 4.78 is 0. The van der Waals surface area contributed by atoms with E-state index >= 15 is 0 Å². The molecule has 3 heteroatoms. The molecule has 0 aromatic heterocycles. The van der Waals surface area contributed by atoms with Gasteiger partial charge in [-0.2, -0.15) is 0 Å². The van der Waals surface area contributed by atoms with E-state index in [4.69, 9.17) is 6.42 Å². The minimum absolute atomic E-state index is 0.171. The van der Waals surface area contributed by atoms with Gasteiger partial charge in [-0.15, -0.1) is 6.42 Å². The highest BCUT2D eigenvalue weighted by molar-refractivity contribution is 5.76. The Balaban J connectivity index is 2.31. The lowest BCUT2D eigenvalue weighted by molar-refractivity contribution is -0.130. The summed E-state index contributed by atoms with van der Waals surface area (Å²) in [6.07, 6.45) is 8.28. The first-order chi connectivity index (χ1) is 6.77. The molecule has 3 nitrogen and oxygen atoms in total. The average Bonchev–Trinajstić information content (AvgIpc) is 2.97. The van der Waals surface area contributed by atoms with Gasteiger partial charge < -0.3 is 10.2 Å². The molecular formula is C11H18N2O. The van der Waals surface area contributed by atoms with Crippen molar-refractivity contribution in [1.82, 2.24) is 10.2 Å². The zero-order valence-electron chi connectivity index (χ0n) is 8.75. The molecule has 0 spiro atoms. The Morgan fingerprint density at radius 3 is 2.86 bits per heavy atom. The SMILES string of the molecule is C#CCN(CC1CC1)C(=O)CCNC. The van der Waals surface area contributed by atoms with Gasteiger partial charge in [0.2, 0.25) is 5.91 Å². The minimum atomic E-state index is 0.171. The van der Waals surface area contributed by atoms with Gasteiger partial charge in [0.1, 0.15) is 0 Å². The van der Waals surface area contributed by atoms with Gasteiger partial charge in [0.25, 0.3) is 0 Å². The minimum Gasteiger partial charge on any atom is -0.331 e. The van der Waals surface area contributed by atoms with Crippen LogP contribution in [0, 0.1) is 18.3 Å². The first-order valence-corrected chi connectivity index (χ1v) is 5.13. The predicted octanol–water partition coefficient (Wildman–Crippen LogP) is 0.468. The van der Waals surface area contributed by atoms with E-state index in [9.17, 15) is 4.79 Å². The van der Waals surface area contributed by atoms with Crippen LogP contribution in [0.5, 0.6) is 0 Å². The molecule has 0 aromatic carbocycles. The Kier molecular flexibility index (Phi) is 4.48. The number of terminal acetylenes is 1. The standard InChI is InChI=1S/C11H18N2O/c1-3-8-13(9-10-4-5-10)11(14)6-7-12-2/h1,10,12H,4-9H2,2H3. The van der Waals surface area contributed by atoms with Crippen LogP contribution < -0.4 is 5.32 Å². The third kappa shape index (κ3) is 3.80. The molecular weight excluding hydrogens is 176 g/mol. The predicted molar refractivity (Wildman–Crippen MR) is 56.7 cm³/mol. The number of hydrogen-bond donors (Lipinski definition) is 1. The Morgan fingerprint density at radius 2 is 2.36 bits per heavy atom. The third-order valence-electron chi connectivity index (χ3n) is 2.40. The Labute approximate surface area is 85.9 Å². The lowest BCUT2D eigenvalue weighted by atomic mass is 10.3. The maximum atomic E-state index is 11.6. The molecule has 1 rings (SSSR count). The highest BCUT2D eigenvalue weighted by atomic mass is 16.2. The van der Waals surface area contributed by atoms with Crippen LogP contribution in [-0.4, -0.2) is 37.5 Å². The molecule has 1 fully saturated rings. The zero-order chi connectivity index (χ0) is 10.4. The first-order valence-electron chi connectivity index (χ1n) is 5.13. The van der Waals surface area contributed by atoms with Crippen molar-refractivity contribution in [1.29, 1.82) is 0 Å². The number of carbonyl (C=O) groups excluding carboxylic acids is 1. The fourth-order valence-electron chi connectivity index (χ4n) is 1.37. The van der Waals surface area contributed by atoms with Gasteiger partial charge in [0.15, 0.2) is 0 Å². The maximum Gasteiger partial charge on any atom is 0.224 e. The smallest absolute Gasteiger partial charge is 0.224 e. The van der Waals surface area contributed by atoms with Crippen molar-refractivity contribution in [2.24, 2.45) is 5.92 Å². The highest BCUT2D eigenvalue weighted by Gasteiger charge is 2.25. The van der Waals surface area contributed by atoms with Crippen molar-refractivity contribution < 1.29 is 4.79 Å². The molecule has 1 saturated carbocycles. The van der Waals surface area contributed by atoms with Crippen LogP contribution in [0.15, 0.2) is 0 Å².